The lowest BCUT2D eigenvalue weighted by Gasteiger charge is -2.20. The van der Waals surface area contributed by atoms with Crippen molar-refractivity contribution in [3.05, 3.63) is 64.1 Å². The normalized spacial score (nSPS) is 18.0. The van der Waals surface area contributed by atoms with Gasteiger partial charge < -0.3 is 14.8 Å². The minimum Gasteiger partial charge on any atom is -0.491 e. The van der Waals surface area contributed by atoms with E-state index in [0.717, 1.165) is 5.56 Å². The number of nitrogens with one attached hydrogen (secondary N) is 1. The Morgan fingerprint density at radius 3 is 2.85 bits per heavy atom. The molecule has 0 aromatic heterocycles. The monoisotopic (exact) mass is 399 g/mol. The SMILES string of the molecule is C=C(Cl)/C=C\C(OC(CC)C(=O)NC1COc2cc(F)ccc21)=C(/C)Cl. The number of amides is 1. The summed E-state index contributed by atoms with van der Waals surface area (Å²) in [6.45, 7) is 7.27. The van der Waals surface area contributed by atoms with Crippen molar-refractivity contribution < 1.29 is 18.7 Å². The van der Waals surface area contributed by atoms with E-state index < -0.39 is 6.10 Å². The van der Waals surface area contributed by atoms with E-state index in [-0.39, 0.29) is 24.4 Å². The first-order valence-electron chi connectivity index (χ1n) is 8.10. The van der Waals surface area contributed by atoms with Gasteiger partial charge in [0.2, 0.25) is 0 Å². The van der Waals surface area contributed by atoms with Gasteiger partial charge in [0, 0.05) is 16.7 Å². The van der Waals surface area contributed by atoms with E-state index in [0.29, 0.717) is 28.0 Å². The zero-order chi connectivity index (χ0) is 19.3. The molecule has 0 radical (unpaired) electrons. The molecule has 0 aliphatic carbocycles. The first kappa shape index (κ1) is 20.3. The first-order valence-corrected chi connectivity index (χ1v) is 8.85. The quantitative estimate of drug-likeness (QED) is 0.521. The molecule has 2 atom stereocenters. The van der Waals surface area contributed by atoms with E-state index in [1.54, 1.807) is 19.1 Å². The van der Waals surface area contributed by atoms with Crippen LogP contribution in [0.3, 0.4) is 0 Å². The van der Waals surface area contributed by atoms with Crippen LogP contribution >= 0.6 is 23.2 Å². The number of carbonyl (C=O) groups excluding carboxylic acids is 1. The van der Waals surface area contributed by atoms with Crippen molar-refractivity contribution in [3.8, 4) is 5.75 Å². The number of carbonyl (C=O) groups is 1. The molecule has 1 aromatic rings. The number of ether oxygens (including phenoxy) is 2. The van der Waals surface area contributed by atoms with E-state index >= 15 is 0 Å². The van der Waals surface area contributed by atoms with Gasteiger partial charge in [-0.05, 0) is 31.6 Å². The summed E-state index contributed by atoms with van der Waals surface area (Å²) in [5, 5.41) is 3.57. The highest BCUT2D eigenvalue weighted by Crippen LogP contribution is 2.33. The fourth-order valence-corrected chi connectivity index (χ4v) is 2.62. The summed E-state index contributed by atoms with van der Waals surface area (Å²) in [4.78, 5) is 12.6. The fourth-order valence-electron chi connectivity index (χ4n) is 2.44. The zero-order valence-corrected chi connectivity index (χ0v) is 16.0. The summed E-state index contributed by atoms with van der Waals surface area (Å²) in [5.74, 6) is 0.0722. The second-order valence-electron chi connectivity index (χ2n) is 5.75. The first-order chi connectivity index (χ1) is 12.3. The molecule has 0 saturated heterocycles. The molecule has 4 nitrogen and oxygen atoms in total. The number of allylic oxidation sites excluding steroid dienone is 4. The third kappa shape index (κ3) is 5.26. The summed E-state index contributed by atoms with van der Waals surface area (Å²) in [5.41, 5.74) is 0.734. The second kappa shape index (κ2) is 9.10. The van der Waals surface area contributed by atoms with Gasteiger partial charge in [-0.2, -0.15) is 0 Å². The molecule has 7 heteroatoms. The smallest absolute Gasteiger partial charge is 0.261 e. The van der Waals surface area contributed by atoms with Crippen molar-refractivity contribution in [2.45, 2.75) is 32.4 Å². The van der Waals surface area contributed by atoms with E-state index in [9.17, 15) is 9.18 Å². The Hall–Kier alpha value is -1.98. The third-order valence-electron chi connectivity index (χ3n) is 3.76. The van der Waals surface area contributed by atoms with Gasteiger partial charge in [0.1, 0.15) is 23.9 Å². The van der Waals surface area contributed by atoms with Gasteiger partial charge in [-0.15, -0.1) is 0 Å². The lowest BCUT2D eigenvalue weighted by molar-refractivity contribution is -0.131. The number of hydrogen-bond acceptors (Lipinski definition) is 3. The zero-order valence-electron chi connectivity index (χ0n) is 14.5. The maximum absolute atomic E-state index is 13.3. The van der Waals surface area contributed by atoms with Crippen LogP contribution in [-0.2, 0) is 9.53 Å². The third-order valence-corrected chi connectivity index (χ3v) is 4.07. The molecule has 1 aliphatic heterocycles. The highest BCUT2D eigenvalue weighted by atomic mass is 35.5. The largest absolute Gasteiger partial charge is 0.491 e. The lowest BCUT2D eigenvalue weighted by atomic mass is 10.1. The highest BCUT2D eigenvalue weighted by Gasteiger charge is 2.29. The van der Waals surface area contributed by atoms with Gasteiger partial charge in [0.05, 0.1) is 11.1 Å². The molecule has 0 spiro atoms. The Bertz CT molecular complexity index is 757. The lowest BCUT2D eigenvalue weighted by Crippen LogP contribution is -2.38. The molecule has 1 N–H and O–H groups in total. The van der Waals surface area contributed by atoms with Gasteiger partial charge in [-0.25, -0.2) is 4.39 Å². The number of halogens is 3. The van der Waals surface area contributed by atoms with Gasteiger partial charge >= 0.3 is 0 Å². The molecule has 0 saturated carbocycles. The van der Waals surface area contributed by atoms with Crippen LogP contribution in [0.25, 0.3) is 0 Å². The van der Waals surface area contributed by atoms with Crippen molar-refractivity contribution in [3.63, 3.8) is 0 Å². The number of hydrogen-bond donors (Lipinski definition) is 1. The maximum atomic E-state index is 13.3. The second-order valence-corrected chi connectivity index (χ2v) is 6.80. The van der Waals surface area contributed by atoms with E-state index in [1.165, 1.54) is 18.2 Å². The standard InChI is InChI=1S/C19H20Cl2FNO3/c1-4-16(26-17(12(3)21)8-5-11(2)20)19(24)23-15-10-25-18-9-13(22)6-7-14(15)18/h5-9,15-16H,2,4,10H2,1,3H3,(H,23,24)/b8-5-,17-12-. The number of benzene rings is 1. The Morgan fingerprint density at radius 2 is 2.23 bits per heavy atom. The average Bonchev–Trinajstić information content (AvgIpc) is 2.96. The summed E-state index contributed by atoms with van der Waals surface area (Å²) in [6.07, 6.45) is 2.77. The van der Waals surface area contributed by atoms with Gasteiger partial charge in [-0.3, -0.25) is 4.79 Å². The molecular formula is C19H20Cl2FNO3. The van der Waals surface area contributed by atoms with Crippen LogP contribution in [0, 0.1) is 5.82 Å². The maximum Gasteiger partial charge on any atom is 0.261 e. The molecule has 1 amide bonds. The minimum atomic E-state index is -0.753. The molecular weight excluding hydrogens is 380 g/mol. The summed E-state index contributed by atoms with van der Waals surface area (Å²) in [6, 6.07) is 3.88. The van der Waals surface area contributed by atoms with Crippen molar-refractivity contribution in [1.29, 1.82) is 0 Å². The molecule has 1 heterocycles. The molecule has 1 aliphatic rings. The molecule has 1 aromatic carbocycles. The summed E-state index contributed by atoms with van der Waals surface area (Å²) in [7, 11) is 0. The molecule has 26 heavy (non-hydrogen) atoms. The molecule has 140 valence electrons. The van der Waals surface area contributed by atoms with E-state index in [2.05, 4.69) is 11.9 Å². The Morgan fingerprint density at radius 1 is 1.50 bits per heavy atom. The van der Waals surface area contributed by atoms with E-state index in [4.69, 9.17) is 32.7 Å². The number of fused-ring (bicyclic) bond motifs is 1. The van der Waals surface area contributed by atoms with Crippen molar-refractivity contribution in [1.82, 2.24) is 5.32 Å². The van der Waals surface area contributed by atoms with Gasteiger partial charge in [0.25, 0.3) is 5.91 Å². The fraction of sp³-hybridized carbons (Fsp3) is 0.316. The van der Waals surface area contributed by atoms with Crippen LogP contribution in [0.1, 0.15) is 31.9 Å². The van der Waals surface area contributed by atoms with Gasteiger partial charge in [0.15, 0.2) is 6.10 Å². The predicted octanol–water partition coefficient (Wildman–Crippen LogP) is 4.95. The Balaban J connectivity index is 2.08. The Kier molecular flexibility index (Phi) is 7.12. The summed E-state index contributed by atoms with van der Waals surface area (Å²) >= 11 is 11.7. The molecule has 2 unspecified atom stereocenters. The number of rotatable bonds is 7. The molecule has 2 rings (SSSR count). The van der Waals surface area contributed by atoms with Crippen molar-refractivity contribution in [2.75, 3.05) is 6.61 Å². The summed E-state index contributed by atoms with van der Waals surface area (Å²) < 4.78 is 24.4. The van der Waals surface area contributed by atoms with Crippen LogP contribution < -0.4 is 10.1 Å². The van der Waals surface area contributed by atoms with E-state index in [1.807, 2.05) is 6.92 Å². The average molecular weight is 400 g/mol. The van der Waals surface area contributed by atoms with Crippen molar-refractivity contribution in [2.24, 2.45) is 0 Å². The van der Waals surface area contributed by atoms with Crippen LogP contribution in [-0.4, -0.2) is 18.6 Å². The van der Waals surface area contributed by atoms with Crippen LogP contribution in [0.5, 0.6) is 5.75 Å². The minimum absolute atomic E-state index is 0.240. The topological polar surface area (TPSA) is 47.6 Å². The van der Waals surface area contributed by atoms with Crippen LogP contribution in [0.4, 0.5) is 4.39 Å². The van der Waals surface area contributed by atoms with Crippen molar-refractivity contribution >= 4 is 29.1 Å². The Labute approximate surface area is 162 Å². The highest BCUT2D eigenvalue weighted by molar-refractivity contribution is 6.31. The molecule has 0 bridgehead atoms. The van der Waals surface area contributed by atoms with Crippen LogP contribution in [0.2, 0.25) is 0 Å². The van der Waals surface area contributed by atoms with Crippen LogP contribution in [0.15, 0.2) is 52.8 Å². The predicted molar refractivity (Wildman–Crippen MR) is 101 cm³/mol. The van der Waals surface area contributed by atoms with Gasteiger partial charge in [-0.1, -0.05) is 42.8 Å². The molecule has 0 fully saturated rings.